The Labute approximate surface area is 131 Å². The fraction of sp³-hybridized carbons (Fsp3) is 0.125. The average molecular weight is 321 g/mol. The fourth-order valence-corrected chi connectivity index (χ4v) is 2.87. The summed E-state index contributed by atoms with van der Waals surface area (Å²) in [6.07, 6.45) is -0.0590. The zero-order valence-corrected chi connectivity index (χ0v) is 12.6. The highest BCUT2D eigenvalue weighted by molar-refractivity contribution is 8.00. The lowest BCUT2D eigenvalue weighted by Gasteiger charge is -2.11. The van der Waals surface area contributed by atoms with E-state index in [4.69, 9.17) is 11.6 Å². The summed E-state index contributed by atoms with van der Waals surface area (Å²) in [5, 5.41) is 9.01. The van der Waals surface area contributed by atoms with Crippen LogP contribution < -0.4 is 0 Å². The van der Waals surface area contributed by atoms with E-state index in [1.807, 2.05) is 30.3 Å². The number of benzene rings is 2. The van der Waals surface area contributed by atoms with Crippen LogP contribution in [0.15, 0.2) is 59.5 Å². The highest BCUT2D eigenvalue weighted by atomic mass is 35.5. The van der Waals surface area contributed by atoms with Crippen molar-refractivity contribution in [2.75, 3.05) is 0 Å². The number of carboxylic acid groups (broad SMARTS) is 1. The molecule has 3 nitrogen and oxygen atoms in total. The first-order valence-electron chi connectivity index (χ1n) is 6.29. The minimum Gasteiger partial charge on any atom is -0.480 e. The highest BCUT2D eigenvalue weighted by Gasteiger charge is 2.23. The van der Waals surface area contributed by atoms with Gasteiger partial charge in [-0.15, -0.1) is 11.8 Å². The van der Waals surface area contributed by atoms with Crippen molar-refractivity contribution in [2.45, 2.75) is 16.6 Å². The first-order chi connectivity index (χ1) is 10.1. The highest BCUT2D eigenvalue weighted by Crippen LogP contribution is 2.26. The van der Waals surface area contributed by atoms with Crippen LogP contribution in [0.4, 0.5) is 0 Å². The zero-order valence-electron chi connectivity index (χ0n) is 11.0. The van der Waals surface area contributed by atoms with E-state index in [0.29, 0.717) is 10.6 Å². The lowest BCUT2D eigenvalue weighted by atomic mass is 10.1. The van der Waals surface area contributed by atoms with Gasteiger partial charge in [-0.05, 0) is 36.4 Å². The summed E-state index contributed by atoms with van der Waals surface area (Å²) in [7, 11) is 0. The summed E-state index contributed by atoms with van der Waals surface area (Å²) < 4.78 is 0. The van der Waals surface area contributed by atoms with Gasteiger partial charge in [0.2, 0.25) is 0 Å². The van der Waals surface area contributed by atoms with Crippen LogP contribution in [0.3, 0.4) is 0 Å². The minimum absolute atomic E-state index is 0.0590. The van der Waals surface area contributed by atoms with E-state index in [0.717, 1.165) is 4.90 Å². The Balaban J connectivity index is 2.07. The van der Waals surface area contributed by atoms with Crippen molar-refractivity contribution in [3.63, 3.8) is 0 Å². The number of carbonyl (C=O) groups excluding carboxylic acids is 1. The fourth-order valence-electron chi connectivity index (χ4n) is 1.76. The topological polar surface area (TPSA) is 54.4 Å². The molecule has 1 atom stereocenters. The molecule has 0 amide bonds. The van der Waals surface area contributed by atoms with Crippen molar-refractivity contribution in [3.05, 3.63) is 65.2 Å². The number of rotatable bonds is 6. The SMILES string of the molecule is O=C(CC(Sc1ccccc1)C(=O)O)c1ccc(Cl)cc1. The molecule has 0 spiro atoms. The van der Waals surface area contributed by atoms with Gasteiger partial charge < -0.3 is 5.11 Å². The second kappa shape index (κ2) is 7.29. The number of hydrogen-bond donors (Lipinski definition) is 1. The quantitative estimate of drug-likeness (QED) is 0.641. The molecule has 2 aromatic carbocycles. The molecule has 0 heterocycles. The van der Waals surface area contributed by atoms with Crippen molar-refractivity contribution < 1.29 is 14.7 Å². The summed E-state index contributed by atoms with van der Waals surface area (Å²) in [5.41, 5.74) is 0.472. The third kappa shape index (κ3) is 4.62. The minimum atomic E-state index is -0.994. The van der Waals surface area contributed by atoms with Gasteiger partial charge in [0, 0.05) is 21.9 Å². The maximum Gasteiger partial charge on any atom is 0.317 e. The molecule has 0 aromatic heterocycles. The van der Waals surface area contributed by atoms with Crippen LogP contribution in [0.1, 0.15) is 16.8 Å². The maximum atomic E-state index is 12.1. The van der Waals surface area contributed by atoms with Crippen LogP contribution in [-0.2, 0) is 4.79 Å². The van der Waals surface area contributed by atoms with Crippen molar-refractivity contribution in [2.24, 2.45) is 0 Å². The van der Waals surface area contributed by atoms with Crippen LogP contribution in [0.25, 0.3) is 0 Å². The Bertz CT molecular complexity index is 626. The lowest BCUT2D eigenvalue weighted by molar-refractivity contribution is -0.136. The van der Waals surface area contributed by atoms with Gasteiger partial charge in [-0.25, -0.2) is 0 Å². The maximum absolute atomic E-state index is 12.1. The molecule has 0 fully saturated rings. The molecule has 0 aliphatic carbocycles. The Kier molecular flexibility index (Phi) is 5.42. The number of hydrogen-bond acceptors (Lipinski definition) is 3. The van der Waals surface area contributed by atoms with Gasteiger partial charge in [0.05, 0.1) is 0 Å². The summed E-state index contributed by atoms with van der Waals surface area (Å²) in [5.74, 6) is -1.20. The van der Waals surface area contributed by atoms with Gasteiger partial charge in [-0.2, -0.15) is 0 Å². The normalized spacial score (nSPS) is 11.9. The predicted octanol–water partition coefficient (Wildman–Crippen LogP) is 4.16. The molecule has 0 saturated heterocycles. The number of carboxylic acids is 1. The molecular weight excluding hydrogens is 308 g/mol. The third-order valence-corrected chi connectivity index (χ3v) is 4.28. The molecule has 2 aromatic rings. The summed E-state index contributed by atoms with van der Waals surface area (Å²) >= 11 is 6.95. The van der Waals surface area contributed by atoms with Crippen molar-refractivity contribution in [1.82, 2.24) is 0 Å². The first-order valence-corrected chi connectivity index (χ1v) is 7.55. The van der Waals surface area contributed by atoms with Crippen LogP contribution in [0, 0.1) is 0 Å². The van der Waals surface area contributed by atoms with Gasteiger partial charge >= 0.3 is 5.97 Å². The average Bonchev–Trinajstić information content (AvgIpc) is 2.48. The molecule has 0 bridgehead atoms. The van der Waals surface area contributed by atoms with E-state index in [9.17, 15) is 14.7 Å². The van der Waals surface area contributed by atoms with Crippen molar-refractivity contribution in [3.8, 4) is 0 Å². The Morgan fingerprint density at radius 3 is 2.24 bits per heavy atom. The number of halogens is 1. The van der Waals surface area contributed by atoms with Crippen molar-refractivity contribution >= 4 is 35.1 Å². The van der Waals surface area contributed by atoms with Gasteiger partial charge in [-0.1, -0.05) is 29.8 Å². The number of thioether (sulfide) groups is 1. The first kappa shape index (κ1) is 15.6. The van der Waals surface area contributed by atoms with E-state index in [2.05, 4.69) is 0 Å². The number of aliphatic carboxylic acids is 1. The standard InChI is InChI=1S/C16H13ClO3S/c17-12-8-6-11(7-9-12)14(18)10-15(16(19)20)21-13-4-2-1-3-5-13/h1-9,15H,10H2,(H,19,20). The second-order valence-electron chi connectivity index (χ2n) is 4.39. The number of ketones is 1. The van der Waals surface area contributed by atoms with Gasteiger partial charge in [0.15, 0.2) is 5.78 Å². The van der Waals surface area contributed by atoms with Crippen molar-refractivity contribution in [1.29, 1.82) is 0 Å². The lowest BCUT2D eigenvalue weighted by Crippen LogP contribution is -2.20. The Morgan fingerprint density at radius 2 is 1.67 bits per heavy atom. The zero-order chi connectivity index (χ0) is 15.2. The Morgan fingerprint density at radius 1 is 1.05 bits per heavy atom. The molecule has 0 aliphatic heterocycles. The molecule has 0 aliphatic rings. The van der Waals surface area contributed by atoms with E-state index < -0.39 is 11.2 Å². The summed E-state index contributed by atoms with van der Waals surface area (Å²) in [6, 6.07) is 15.6. The summed E-state index contributed by atoms with van der Waals surface area (Å²) in [4.78, 5) is 24.3. The molecule has 0 radical (unpaired) electrons. The van der Waals surface area contributed by atoms with Crippen LogP contribution in [0.2, 0.25) is 5.02 Å². The number of Topliss-reactive ketones (excluding diaryl/α,β-unsaturated/α-hetero) is 1. The number of carbonyl (C=O) groups is 2. The van der Waals surface area contributed by atoms with Crippen LogP contribution >= 0.6 is 23.4 Å². The van der Waals surface area contributed by atoms with E-state index >= 15 is 0 Å². The molecule has 5 heteroatoms. The van der Waals surface area contributed by atoms with E-state index in [1.165, 1.54) is 11.8 Å². The molecule has 21 heavy (non-hydrogen) atoms. The molecule has 2 rings (SSSR count). The summed E-state index contributed by atoms with van der Waals surface area (Å²) in [6.45, 7) is 0. The van der Waals surface area contributed by atoms with Gasteiger partial charge in [0.1, 0.15) is 5.25 Å². The van der Waals surface area contributed by atoms with Gasteiger partial charge in [-0.3, -0.25) is 9.59 Å². The molecule has 1 N–H and O–H groups in total. The molecule has 108 valence electrons. The van der Waals surface area contributed by atoms with Gasteiger partial charge in [0.25, 0.3) is 0 Å². The molecular formula is C16H13ClO3S. The smallest absolute Gasteiger partial charge is 0.317 e. The monoisotopic (exact) mass is 320 g/mol. The Hall–Kier alpha value is -1.78. The van der Waals surface area contributed by atoms with Crippen LogP contribution in [-0.4, -0.2) is 22.1 Å². The van der Waals surface area contributed by atoms with E-state index in [1.54, 1.807) is 24.3 Å². The molecule has 1 unspecified atom stereocenters. The third-order valence-electron chi connectivity index (χ3n) is 2.83. The second-order valence-corrected chi connectivity index (χ2v) is 6.10. The van der Waals surface area contributed by atoms with Crippen LogP contribution in [0.5, 0.6) is 0 Å². The predicted molar refractivity (Wildman–Crippen MR) is 84.1 cm³/mol. The molecule has 0 saturated carbocycles. The van der Waals surface area contributed by atoms with E-state index in [-0.39, 0.29) is 12.2 Å². The largest absolute Gasteiger partial charge is 0.480 e.